The van der Waals surface area contributed by atoms with Gasteiger partial charge in [0.2, 0.25) is 5.91 Å². The first-order valence-corrected chi connectivity index (χ1v) is 6.82. The molecule has 1 aliphatic carbocycles. The first-order valence-electron chi connectivity index (χ1n) is 6.82. The van der Waals surface area contributed by atoms with Gasteiger partial charge in [-0.2, -0.15) is 0 Å². The lowest BCUT2D eigenvalue weighted by Crippen LogP contribution is -2.43. The van der Waals surface area contributed by atoms with Gasteiger partial charge in [0, 0.05) is 6.04 Å². The van der Waals surface area contributed by atoms with Crippen molar-refractivity contribution in [3.05, 3.63) is 35.6 Å². The molecule has 0 aromatic heterocycles. The van der Waals surface area contributed by atoms with Gasteiger partial charge in [-0.05, 0) is 30.5 Å². The fourth-order valence-corrected chi connectivity index (χ4v) is 2.71. The van der Waals surface area contributed by atoms with Crippen molar-refractivity contribution in [3.63, 3.8) is 0 Å². The Balaban J connectivity index is 2.07. The van der Waals surface area contributed by atoms with E-state index in [0.29, 0.717) is 5.56 Å². The summed E-state index contributed by atoms with van der Waals surface area (Å²) in [6.07, 6.45) is 3.79. The van der Waals surface area contributed by atoms with Gasteiger partial charge in [-0.1, -0.05) is 25.0 Å². The second kappa shape index (κ2) is 6.50. The van der Waals surface area contributed by atoms with E-state index < -0.39 is 5.97 Å². The Labute approximate surface area is 117 Å². The molecule has 1 N–H and O–H groups in total. The van der Waals surface area contributed by atoms with Crippen LogP contribution in [-0.4, -0.2) is 34.5 Å². The van der Waals surface area contributed by atoms with E-state index in [4.69, 9.17) is 5.11 Å². The molecule has 0 bridgehead atoms. The molecule has 4 nitrogen and oxygen atoms in total. The minimum absolute atomic E-state index is 0.00663. The molecule has 0 atom stereocenters. The van der Waals surface area contributed by atoms with E-state index in [0.717, 1.165) is 25.7 Å². The quantitative estimate of drug-likeness (QED) is 0.899. The van der Waals surface area contributed by atoms with Gasteiger partial charge in [0.1, 0.15) is 12.4 Å². The summed E-state index contributed by atoms with van der Waals surface area (Å²) in [6, 6.07) is 5.86. The van der Waals surface area contributed by atoms with E-state index >= 15 is 0 Å². The Morgan fingerprint density at radius 1 is 1.30 bits per heavy atom. The number of rotatable bonds is 5. The normalized spacial score (nSPS) is 15.2. The molecule has 2 rings (SSSR count). The number of hydrogen-bond acceptors (Lipinski definition) is 2. The second-order valence-corrected chi connectivity index (χ2v) is 5.16. The van der Waals surface area contributed by atoms with Crippen LogP contribution in [0.15, 0.2) is 24.3 Å². The number of aliphatic carboxylic acids is 1. The number of amides is 1. The van der Waals surface area contributed by atoms with E-state index in [2.05, 4.69) is 0 Å². The summed E-state index contributed by atoms with van der Waals surface area (Å²) in [5.74, 6) is -1.64. The lowest BCUT2D eigenvalue weighted by Gasteiger charge is -2.27. The number of carboxylic acids is 1. The van der Waals surface area contributed by atoms with Crippen LogP contribution >= 0.6 is 0 Å². The van der Waals surface area contributed by atoms with Crippen LogP contribution in [0.25, 0.3) is 0 Å². The second-order valence-electron chi connectivity index (χ2n) is 5.16. The van der Waals surface area contributed by atoms with E-state index in [1.54, 1.807) is 12.1 Å². The fourth-order valence-electron chi connectivity index (χ4n) is 2.71. The number of nitrogens with zero attached hydrogens (tertiary/aromatic N) is 1. The summed E-state index contributed by atoms with van der Waals surface area (Å²) in [5.41, 5.74) is 0.573. The molecule has 1 aromatic carbocycles. The van der Waals surface area contributed by atoms with Crippen LogP contribution in [0.1, 0.15) is 31.2 Å². The molecule has 0 heterocycles. The van der Waals surface area contributed by atoms with Crippen molar-refractivity contribution in [1.82, 2.24) is 4.90 Å². The number of benzene rings is 1. The molecule has 1 aromatic rings. The van der Waals surface area contributed by atoms with Crippen molar-refractivity contribution < 1.29 is 19.1 Å². The Bertz CT molecular complexity index is 498. The topological polar surface area (TPSA) is 57.6 Å². The number of carbonyl (C=O) groups is 2. The smallest absolute Gasteiger partial charge is 0.323 e. The van der Waals surface area contributed by atoms with Gasteiger partial charge in [0.25, 0.3) is 0 Å². The van der Waals surface area contributed by atoms with Gasteiger partial charge in [-0.15, -0.1) is 0 Å². The Kier molecular flexibility index (Phi) is 4.71. The van der Waals surface area contributed by atoms with Crippen LogP contribution in [0.4, 0.5) is 4.39 Å². The molecule has 1 fully saturated rings. The third-order valence-corrected chi connectivity index (χ3v) is 3.64. The minimum atomic E-state index is -1.01. The van der Waals surface area contributed by atoms with Crippen molar-refractivity contribution in [2.75, 3.05) is 6.54 Å². The molecular formula is C15H18FNO3. The molecular weight excluding hydrogens is 261 g/mol. The zero-order valence-corrected chi connectivity index (χ0v) is 11.2. The molecule has 1 saturated carbocycles. The monoisotopic (exact) mass is 279 g/mol. The molecule has 1 amide bonds. The first kappa shape index (κ1) is 14.5. The average molecular weight is 279 g/mol. The Hall–Kier alpha value is -1.91. The van der Waals surface area contributed by atoms with Gasteiger partial charge in [-0.3, -0.25) is 9.59 Å². The molecule has 0 aliphatic heterocycles. The van der Waals surface area contributed by atoms with Crippen molar-refractivity contribution in [1.29, 1.82) is 0 Å². The zero-order chi connectivity index (χ0) is 14.5. The number of carbonyl (C=O) groups excluding carboxylic acids is 1. The van der Waals surface area contributed by atoms with Crippen LogP contribution in [-0.2, 0) is 16.0 Å². The summed E-state index contributed by atoms with van der Waals surface area (Å²) < 4.78 is 13.1. The first-order chi connectivity index (χ1) is 9.56. The highest BCUT2D eigenvalue weighted by molar-refractivity contribution is 5.83. The average Bonchev–Trinajstić information content (AvgIpc) is 2.89. The van der Waals surface area contributed by atoms with E-state index in [9.17, 15) is 14.0 Å². The van der Waals surface area contributed by atoms with Crippen molar-refractivity contribution >= 4 is 11.9 Å². The highest BCUT2D eigenvalue weighted by atomic mass is 19.1. The van der Waals surface area contributed by atoms with Crippen molar-refractivity contribution in [3.8, 4) is 0 Å². The number of carboxylic acid groups (broad SMARTS) is 1. The summed E-state index contributed by atoms with van der Waals surface area (Å²) in [6.45, 7) is -0.279. The van der Waals surface area contributed by atoms with Crippen molar-refractivity contribution in [2.24, 2.45) is 0 Å². The molecule has 0 spiro atoms. The Morgan fingerprint density at radius 2 is 2.00 bits per heavy atom. The summed E-state index contributed by atoms with van der Waals surface area (Å²) in [7, 11) is 0. The van der Waals surface area contributed by atoms with Gasteiger partial charge < -0.3 is 10.0 Å². The lowest BCUT2D eigenvalue weighted by molar-refractivity contribution is -0.145. The predicted octanol–water partition coefficient (Wildman–Crippen LogP) is 2.22. The van der Waals surface area contributed by atoms with E-state index in [1.807, 2.05) is 0 Å². The highest BCUT2D eigenvalue weighted by Crippen LogP contribution is 2.24. The van der Waals surface area contributed by atoms with Crippen molar-refractivity contribution in [2.45, 2.75) is 38.1 Å². The van der Waals surface area contributed by atoms with Crippen LogP contribution in [0.2, 0.25) is 0 Å². The van der Waals surface area contributed by atoms with E-state index in [-0.39, 0.29) is 30.7 Å². The maximum atomic E-state index is 13.1. The van der Waals surface area contributed by atoms with Gasteiger partial charge >= 0.3 is 5.97 Å². The summed E-state index contributed by atoms with van der Waals surface area (Å²) in [4.78, 5) is 24.6. The van der Waals surface area contributed by atoms with Crippen LogP contribution in [0, 0.1) is 5.82 Å². The maximum Gasteiger partial charge on any atom is 0.323 e. The predicted molar refractivity (Wildman–Crippen MR) is 71.7 cm³/mol. The summed E-state index contributed by atoms with van der Waals surface area (Å²) >= 11 is 0. The lowest BCUT2D eigenvalue weighted by atomic mass is 10.1. The molecule has 5 heteroatoms. The maximum absolute atomic E-state index is 13.1. The van der Waals surface area contributed by atoms with Crippen LogP contribution < -0.4 is 0 Å². The number of hydrogen-bond donors (Lipinski definition) is 1. The fraction of sp³-hybridized carbons (Fsp3) is 0.467. The largest absolute Gasteiger partial charge is 0.480 e. The third kappa shape index (κ3) is 3.79. The van der Waals surface area contributed by atoms with E-state index in [1.165, 1.54) is 17.0 Å². The van der Waals surface area contributed by atoms with Crippen LogP contribution in [0.5, 0.6) is 0 Å². The summed E-state index contributed by atoms with van der Waals surface area (Å²) in [5, 5.41) is 8.95. The van der Waals surface area contributed by atoms with Crippen LogP contribution in [0.3, 0.4) is 0 Å². The van der Waals surface area contributed by atoms with Gasteiger partial charge in [-0.25, -0.2) is 4.39 Å². The third-order valence-electron chi connectivity index (χ3n) is 3.64. The van der Waals surface area contributed by atoms with Gasteiger partial charge in [0.05, 0.1) is 6.42 Å². The standard InChI is InChI=1S/C15H18FNO3/c16-12-5-3-4-11(8-12)9-14(18)17(10-15(19)20)13-6-1-2-7-13/h3-5,8,13H,1-2,6-7,9-10H2,(H,19,20). The molecule has 0 unspecified atom stereocenters. The highest BCUT2D eigenvalue weighted by Gasteiger charge is 2.28. The minimum Gasteiger partial charge on any atom is -0.480 e. The molecule has 108 valence electrons. The number of halogens is 1. The SMILES string of the molecule is O=C(O)CN(C(=O)Cc1cccc(F)c1)C1CCCC1. The molecule has 1 aliphatic rings. The molecule has 0 saturated heterocycles. The molecule has 20 heavy (non-hydrogen) atoms. The van der Waals surface area contributed by atoms with Gasteiger partial charge in [0.15, 0.2) is 0 Å². The Morgan fingerprint density at radius 3 is 2.60 bits per heavy atom. The zero-order valence-electron chi connectivity index (χ0n) is 11.2. The molecule has 0 radical (unpaired) electrons.